The van der Waals surface area contributed by atoms with Crippen molar-refractivity contribution in [2.24, 2.45) is 0 Å². The van der Waals surface area contributed by atoms with Gasteiger partial charge >= 0.3 is 7.12 Å². The zero-order chi connectivity index (χ0) is 68.3. The second-order valence-electron chi connectivity index (χ2n) is 21.9. The molecule has 96 heavy (non-hydrogen) atoms. The van der Waals surface area contributed by atoms with Crippen molar-refractivity contribution in [3.05, 3.63) is 245 Å². The Morgan fingerprint density at radius 2 is 0.885 bits per heavy atom. The third kappa shape index (κ3) is 13.6. The number of H-pyrrole nitrogens is 1. The smallest absolute Gasteiger partial charge is 0.493 e. The Labute approximate surface area is 558 Å². The van der Waals surface area contributed by atoms with E-state index in [1.54, 1.807) is 116 Å². The highest BCUT2D eigenvalue weighted by Gasteiger charge is 2.28. The molecule has 5 aromatic carbocycles. The van der Waals surface area contributed by atoms with E-state index in [2.05, 4.69) is 35.9 Å². The number of ether oxygens (including phenoxy) is 3. The number of methoxy groups -OCH3 is 3. The van der Waals surface area contributed by atoms with Crippen LogP contribution in [0.3, 0.4) is 0 Å². The van der Waals surface area contributed by atoms with Crippen molar-refractivity contribution in [1.29, 1.82) is 0 Å². The van der Waals surface area contributed by atoms with Crippen molar-refractivity contribution in [2.75, 3.05) is 21.3 Å². The first kappa shape index (κ1) is 67.0. The van der Waals surface area contributed by atoms with Crippen LogP contribution < -0.4 is 19.9 Å². The van der Waals surface area contributed by atoms with Crippen molar-refractivity contribution < 1.29 is 67.5 Å². The van der Waals surface area contributed by atoms with E-state index in [0.717, 1.165) is 58.5 Å². The summed E-state index contributed by atoms with van der Waals surface area (Å²) in [4.78, 5) is 16.6. The predicted molar refractivity (Wildman–Crippen MR) is 365 cm³/mol. The Morgan fingerprint density at radius 3 is 1.29 bits per heavy atom. The van der Waals surface area contributed by atoms with Gasteiger partial charge in [-0.2, -0.15) is 0 Å². The molecule has 0 bridgehead atoms. The van der Waals surface area contributed by atoms with Crippen LogP contribution in [-0.2, 0) is 20.0 Å². The van der Waals surface area contributed by atoms with Crippen molar-refractivity contribution in [2.45, 2.75) is 44.4 Å². The van der Waals surface area contributed by atoms with E-state index in [9.17, 15) is 30.0 Å². The maximum atomic E-state index is 14.5. The van der Waals surface area contributed by atoms with Crippen molar-refractivity contribution >= 4 is 81.9 Å². The van der Waals surface area contributed by atoms with Gasteiger partial charge in [0, 0.05) is 102 Å². The second-order valence-corrected chi connectivity index (χ2v) is 26.4. The highest BCUT2D eigenvalue weighted by atomic mass is 79.9. The standard InChI is InChI=1S/C26H21FN2O4S.C21H16BrFN2O3S.C19H15FN2O2.C5H7BO3/c1-16-7-10-19(11-8-16)34(30,31)29-15-22(20-5-4-6-23(27)25(20)32-3)21-13-18(14-28-26(21)29)24-12-9-17(2)33-24;1-13-6-8-15(9-7-13)29(26,27)25-12-18(17-10-14(22)11-24-21(17)25)16-4-3-5-19(23)20(16)28-2;1-11-6-7-17(24-11)12-8-14-15(10-22-19(14)21-9-12)13-4-3-5-16(20)18(13)23-2;1-4-2-3-5(9-4)6(7)8/h4-15H,1-3H3;3-12H,1-2H3;3-10H,1-2H3,(H,21,22);2-3,7-8H,1H3. The van der Waals surface area contributed by atoms with Gasteiger partial charge in [-0.25, -0.2) is 52.9 Å². The summed E-state index contributed by atoms with van der Waals surface area (Å²) in [6.45, 7) is 9.24. The summed E-state index contributed by atoms with van der Waals surface area (Å²) < 4.78 is 132. The summed E-state index contributed by atoms with van der Waals surface area (Å²) in [5.41, 5.74) is 8.15. The quantitative estimate of drug-likeness (QED) is 0.0910. The van der Waals surface area contributed by atoms with E-state index in [-0.39, 0.29) is 44.0 Å². The number of fused-ring (bicyclic) bond motifs is 3. The summed E-state index contributed by atoms with van der Waals surface area (Å²) in [7, 11) is -5.16. The highest BCUT2D eigenvalue weighted by Crippen LogP contribution is 2.43. The van der Waals surface area contributed by atoms with Gasteiger partial charge in [0.05, 0.1) is 36.9 Å². The largest absolute Gasteiger partial charge is 0.526 e. The van der Waals surface area contributed by atoms with E-state index in [4.69, 9.17) is 37.5 Å². The summed E-state index contributed by atoms with van der Waals surface area (Å²) in [5, 5.41) is 19.0. The normalized spacial score (nSPS) is 11.4. The molecule has 3 N–H and O–H groups in total. The van der Waals surface area contributed by atoms with Crippen LogP contribution in [0, 0.1) is 52.1 Å². The molecule has 0 aliphatic heterocycles. The van der Waals surface area contributed by atoms with Crippen LogP contribution in [0.15, 0.2) is 222 Å². The fraction of sp³-hybridized carbons (Fsp3) is 0.113. The van der Waals surface area contributed by atoms with Gasteiger partial charge in [-0.15, -0.1) is 0 Å². The predicted octanol–water partition coefficient (Wildman–Crippen LogP) is 15.3. The minimum Gasteiger partial charge on any atom is -0.493 e. The van der Waals surface area contributed by atoms with E-state index in [0.29, 0.717) is 60.1 Å². The maximum absolute atomic E-state index is 14.5. The Bertz CT molecular complexity index is 5420. The summed E-state index contributed by atoms with van der Waals surface area (Å²) in [5.74, 6) is 2.41. The minimum absolute atomic E-state index is 0.0218. The number of aromatic amines is 1. The molecule has 9 aromatic heterocycles. The lowest BCUT2D eigenvalue weighted by atomic mass is 9.88. The number of nitrogens with one attached hydrogen (secondary N) is 1. The number of furan rings is 3. The van der Waals surface area contributed by atoms with E-state index >= 15 is 0 Å². The SMILES string of the molecule is COc1c(F)cccc1-c1c[nH]c2ncc(-c3ccc(C)o3)cc12.COc1c(F)cccc1-c1cn(S(=O)(=O)c2ccc(C)cc2)c2ncc(-c3ccc(C)o3)cc12.COc1c(F)cccc1-c1cn(S(=O)(=O)c2ccc(C)cc2)c2ncc(Br)cc12.Cc1ccc(B(O)O)o1. The first-order chi connectivity index (χ1) is 46.0. The number of pyridine rings is 3. The molecule has 0 unspecified atom stereocenters. The van der Waals surface area contributed by atoms with Crippen LogP contribution in [0.2, 0.25) is 0 Å². The van der Waals surface area contributed by atoms with Crippen LogP contribution in [0.25, 0.3) is 89.1 Å². The van der Waals surface area contributed by atoms with Gasteiger partial charge in [0.1, 0.15) is 34.3 Å². The minimum atomic E-state index is -3.98. The van der Waals surface area contributed by atoms with Gasteiger partial charge in [0.2, 0.25) is 0 Å². The number of hydrogen-bond acceptors (Lipinski definition) is 15. The van der Waals surface area contributed by atoms with Crippen LogP contribution in [0.1, 0.15) is 28.4 Å². The molecule has 0 saturated carbocycles. The molecular weight excluding hydrogens is 1340 g/mol. The average Bonchev–Trinajstić information content (AvgIpc) is 1.61. The lowest BCUT2D eigenvalue weighted by Gasteiger charge is -2.08. The molecule has 25 heteroatoms. The Hall–Kier alpha value is -10.4. The highest BCUT2D eigenvalue weighted by molar-refractivity contribution is 9.10. The first-order valence-electron chi connectivity index (χ1n) is 29.3. The van der Waals surface area contributed by atoms with Crippen LogP contribution in [-0.4, -0.2) is 83.2 Å². The summed E-state index contributed by atoms with van der Waals surface area (Å²) in [6.07, 6.45) is 9.57. The Kier molecular flexibility index (Phi) is 19.5. The lowest BCUT2D eigenvalue weighted by molar-refractivity contribution is 0.388. The number of halogens is 4. The van der Waals surface area contributed by atoms with Crippen molar-refractivity contribution in [3.63, 3.8) is 0 Å². The number of hydrogen-bond donors (Lipinski definition) is 3. The van der Waals surface area contributed by atoms with Crippen LogP contribution in [0.4, 0.5) is 13.2 Å². The van der Waals surface area contributed by atoms with Crippen molar-refractivity contribution in [1.82, 2.24) is 27.9 Å². The fourth-order valence-corrected chi connectivity index (χ4v) is 13.6. The molecule has 0 atom stereocenters. The number of para-hydroxylation sites is 3. The number of rotatable bonds is 13. The molecule has 0 radical (unpaired) electrons. The molecule has 14 aromatic rings. The molecule has 0 aliphatic rings. The number of benzene rings is 5. The topological polar surface area (TPSA) is 240 Å². The fourth-order valence-electron chi connectivity index (χ4n) is 10.6. The lowest BCUT2D eigenvalue weighted by Crippen LogP contribution is -2.27. The summed E-state index contributed by atoms with van der Waals surface area (Å²) in [6, 6.07) is 43.3. The van der Waals surface area contributed by atoms with Gasteiger partial charge in [-0.1, -0.05) is 71.8 Å². The Morgan fingerprint density at radius 1 is 0.479 bits per heavy atom. The second kappa shape index (κ2) is 27.9. The maximum Gasteiger partial charge on any atom is 0.526 e. The van der Waals surface area contributed by atoms with Gasteiger partial charge < -0.3 is 42.5 Å². The molecule has 9 heterocycles. The number of nitrogens with zero attached hydrogens (tertiary/aromatic N) is 5. The van der Waals surface area contributed by atoms with E-state index in [1.165, 1.54) is 64.2 Å². The van der Waals surface area contributed by atoms with E-state index < -0.39 is 44.6 Å². The third-order valence-corrected chi connectivity index (χ3v) is 19.1. The average molecular weight is 1400 g/mol. The molecule has 0 spiro atoms. The van der Waals surface area contributed by atoms with Crippen LogP contribution >= 0.6 is 15.9 Å². The first-order valence-corrected chi connectivity index (χ1v) is 33.0. The molecule has 18 nitrogen and oxygen atoms in total. The molecule has 0 fully saturated rings. The van der Waals surface area contributed by atoms with Gasteiger partial charge in [0.15, 0.2) is 46.0 Å². The summed E-state index contributed by atoms with van der Waals surface area (Å²) >= 11 is 3.38. The molecule has 0 amide bonds. The zero-order valence-corrected chi connectivity index (χ0v) is 55.8. The van der Waals surface area contributed by atoms with Crippen LogP contribution in [0.5, 0.6) is 17.2 Å². The number of aryl methyl sites for hydroxylation is 5. The number of aromatic nitrogens is 6. The van der Waals surface area contributed by atoms with E-state index in [1.807, 2.05) is 70.3 Å². The van der Waals surface area contributed by atoms with Gasteiger partial charge in [-0.3, -0.25) is 0 Å². The molecular formula is C71H59BBrF3N6O12S2. The molecule has 488 valence electrons. The monoisotopic (exact) mass is 1400 g/mol. The molecule has 14 rings (SSSR count). The molecule has 0 saturated heterocycles. The zero-order valence-electron chi connectivity index (χ0n) is 52.6. The third-order valence-electron chi connectivity index (χ3n) is 15.3. The van der Waals surface area contributed by atoms with Gasteiger partial charge in [0.25, 0.3) is 20.0 Å². The van der Waals surface area contributed by atoms with Gasteiger partial charge in [-0.05, 0) is 148 Å². The Balaban J connectivity index is 0.000000139. The molecule has 0 aliphatic carbocycles. The van der Waals surface area contributed by atoms with Crippen molar-refractivity contribution in [3.8, 4) is 73.3 Å².